The normalized spacial score (nSPS) is 19.0. The fourth-order valence-corrected chi connectivity index (χ4v) is 3.11. The Kier molecular flexibility index (Phi) is 6.84. The van der Waals surface area contributed by atoms with E-state index < -0.39 is 0 Å². The number of urea groups is 1. The summed E-state index contributed by atoms with van der Waals surface area (Å²) >= 11 is 0. The number of piperidine rings is 1. The number of aromatic amines is 1. The minimum Gasteiger partial charge on any atom is -0.396 e. The molecule has 2 rings (SSSR count). The molecule has 7 nitrogen and oxygen atoms in total. The van der Waals surface area contributed by atoms with E-state index in [1.165, 1.54) is 0 Å². The summed E-state index contributed by atoms with van der Waals surface area (Å²) in [4.78, 5) is 16.2. The number of aliphatic hydroxyl groups excluding tert-OH is 1. The molecular formula is C18H33N5O2. The first-order chi connectivity index (χ1) is 11.8. The molecule has 3 N–H and O–H groups in total. The van der Waals surface area contributed by atoms with Gasteiger partial charge >= 0.3 is 6.03 Å². The van der Waals surface area contributed by atoms with Gasteiger partial charge in [0.1, 0.15) is 0 Å². The Hall–Kier alpha value is -1.60. The summed E-state index contributed by atoms with van der Waals surface area (Å²) in [5.74, 6) is 0.379. The SMILES string of the molecule is CN(Cc1cc(C(C)(C)C)n[nH]1)C(=O)NCCN1CCCC(CO)C1. The summed E-state index contributed by atoms with van der Waals surface area (Å²) in [6.45, 7) is 10.5. The average molecular weight is 351 g/mol. The number of aliphatic hydroxyl groups is 1. The molecule has 0 saturated carbocycles. The predicted octanol–water partition coefficient (Wildman–Crippen LogP) is 1.55. The molecule has 1 fully saturated rings. The molecule has 0 bridgehead atoms. The van der Waals surface area contributed by atoms with E-state index in [0.29, 0.717) is 19.0 Å². The zero-order valence-electron chi connectivity index (χ0n) is 16.0. The van der Waals surface area contributed by atoms with Gasteiger partial charge in [0.2, 0.25) is 0 Å². The summed E-state index contributed by atoms with van der Waals surface area (Å²) in [5, 5.41) is 19.6. The summed E-state index contributed by atoms with van der Waals surface area (Å²) in [7, 11) is 1.79. The standard InChI is InChI=1S/C18H33N5O2/c1-18(2,3)16-10-15(20-21-16)12-22(4)17(25)19-7-9-23-8-5-6-14(11-23)13-24/h10,14,24H,5-9,11-13H2,1-4H3,(H,19,25)(H,20,21). The van der Waals surface area contributed by atoms with Crippen molar-refractivity contribution < 1.29 is 9.90 Å². The molecule has 2 amide bonds. The molecule has 0 aliphatic carbocycles. The van der Waals surface area contributed by atoms with Gasteiger partial charge < -0.3 is 20.2 Å². The molecule has 1 aliphatic rings. The first-order valence-electron chi connectivity index (χ1n) is 9.16. The molecular weight excluding hydrogens is 318 g/mol. The van der Waals surface area contributed by atoms with Crippen molar-refractivity contribution >= 4 is 6.03 Å². The molecule has 1 atom stereocenters. The van der Waals surface area contributed by atoms with Crippen LogP contribution in [0.25, 0.3) is 0 Å². The average Bonchev–Trinajstić information content (AvgIpc) is 3.03. The van der Waals surface area contributed by atoms with Crippen molar-refractivity contribution in [3.63, 3.8) is 0 Å². The third kappa shape index (κ3) is 6.01. The van der Waals surface area contributed by atoms with Crippen LogP contribution in [0.2, 0.25) is 0 Å². The lowest BCUT2D eigenvalue weighted by Gasteiger charge is -2.31. The highest BCUT2D eigenvalue weighted by atomic mass is 16.3. The molecule has 1 aromatic heterocycles. The third-order valence-corrected chi connectivity index (χ3v) is 4.72. The molecule has 1 aromatic rings. The van der Waals surface area contributed by atoms with Crippen LogP contribution in [-0.4, -0.2) is 71.0 Å². The molecule has 2 heterocycles. The number of rotatable bonds is 6. The Bertz CT molecular complexity index is 552. The van der Waals surface area contributed by atoms with Gasteiger partial charge in [-0.25, -0.2) is 4.79 Å². The maximum Gasteiger partial charge on any atom is 0.317 e. The maximum absolute atomic E-state index is 12.2. The highest BCUT2D eigenvalue weighted by Crippen LogP contribution is 2.20. The van der Waals surface area contributed by atoms with Crippen LogP contribution in [0, 0.1) is 5.92 Å². The fourth-order valence-electron chi connectivity index (χ4n) is 3.11. The van der Waals surface area contributed by atoms with Crippen LogP contribution < -0.4 is 5.32 Å². The van der Waals surface area contributed by atoms with E-state index in [0.717, 1.165) is 43.9 Å². The number of amides is 2. The zero-order chi connectivity index (χ0) is 18.4. The largest absolute Gasteiger partial charge is 0.396 e. The predicted molar refractivity (Wildman–Crippen MR) is 98.4 cm³/mol. The second-order valence-corrected chi connectivity index (χ2v) is 8.11. The highest BCUT2D eigenvalue weighted by Gasteiger charge is 2.20. The molecule has 1 saturated heterocycles. The van der Waals surface area contributed by atoms with E-state index >= 15 is 0 Å². The Labute approximate surface area is 150 Å². The van der Waals surface area contributed by atoms with E-state index in [1.54, 1.807) is 11.9 Å². The molecule has 25 heavy (non-hydrogen) atoms. The Morgan fingerprint density at radius 3 is 2.92 bits per heavy atom. The number of hydrogen-bond acceptors (Lipinski definition) is 4. The third-order valence-electron chi connectivity index (χ3n) is 4.72. The van der Waals surface area contributed by atoms with Gasteiger partial charge in [0, 0.05) is 38.7 Å². The van der Waals surface area contributed by atoms with Gasteiger partial charge in [-0.2, -0.15) is 5.10 Å². The lowest BCUT2D eigenvalue weighted by Crippen LogP contribution is -2.44. The number of nitrogens with one attached hydrogen (secondary N) is 2. The molecule has 7 heteroatoms. The van der Waals surface area contributed by atoms with Crippen molar-refractivity contribution in [2.45, 2.75) is 45.6 Å². The van der Waals surface area contributed by atoms with Crippen LogP contribution in [0.4, 0.5) is 4.79 Å². The van der Waals surface area contributed by atoms with E-state index in [-0.39, 0.29) is 18.1 Å². The van der Waals surface area contributed by atoms with Gasteiger partial charge in [-0.1, -0.05) is 20.8 Å². The summed E-state index contributed by atoms with van der Waals surface area (Å²) < 4.78 is 0. The molecule has 1 aliphatic heterocycles. The minimum atomic E-state index is -0.0809. The Morgan fingerprint density at radius 1 is 1.52 bits per heavy atom. The number of likely N-dealkylation sites (tertiary alicyclic amines) is 1. The Morgan fingerprint density at radius 2 is 2.28 bits per heavy atom. The monoisotopic (exact) mass is 351 g/mol. The topological polar surface area (TPSA) is 84.5 Å². The van der Waals surface area contributed by atoms with Crippen LogP contribution in [0.1, 0.15) is 45.0 Å². The van der Waals surface area contributed by atoms with Crippen LogP contribution in [0.3, 0.4) is 0 Å². The summed E-state index contributed by atoms with van der Waals surface area (Å²) in [6.07, 6.45) is 2.22. The van der Waals surface area contributed by atoms with Crippen molar-refractivity contribution in [2.75, 3.05) is 39.8 Å². The van der Waals surface area contributed by atoms with E-state index in [4.69, 9.17) is 0 Å². The molecule has 142 valence electrons. The number of hydrogen-bond donors (Lipinski definition) is 3. The van der Waals surface area contributed by atoms with Gasteiger partial charge in [0.15, 0.2) is 0 Å². The first kappa shape index (κ1) is 19.7. The fraction of sp³-hybridized carbons (Fsp3) is 0.778. The second-order valence-electron chi connectivity index (χ2n) is 8.11. The van der Waals surface area contributed by atoms with Gasteiger partial charge in [-0.3, -0.25) is 5.10 Å². The first-order valence-corrected chi connectivity index (χ1v) is 9.16. The minimum absolute atomic E-state index is 0.00352. The second kappa shape index (κ2) is 8.67. The van der Waals surface area contributed by atoms with E-state index in [9.17, 15) is 9.90 Å². The zero-order valence-corrected chi connectivity index (χ0v) is 16.0. The molecule has 0 aromatic carbocycles. The van der Waals surface area contributed by atoms with Crippen molar-refractivity contribution in [3.05, 3.63) is 17.5 Å². The Balaban J connectivity index is 1.72. The van der Waals surface area contributed by atoms with Crippen LogP contribution >= 0.6 is 0 Å². The van der Waals surface area contributed by atoms with Crippen molar-refractivity contribution in [2.24, 2.45) is 5.92 Å². The van der Waals surface area contributed by atoms with Crippen LogP contribution in [0.5, 0.6) is 0 Å². The van der Waals surface area contributed by atoms with Crippen molar-refractivity contribution in [1.82, 2.24) is 25.3 Å². The van der Waals surface area contributed by atoms with Gasteiger partial charge in [0.25, 0.3) is 0 Å². The molecule has 0 spiro atoms. The smallest absolute Gasteiger partial charge is 0.317 e. The number of carbonyl (C=O) groups is 1. The van der Waals surface area contributed by atoms with Crippen LogP contribution in [-0.2, 0) is 12.0 Å². The van der Waals surface area contributed by atoms with Gasteiger partial charge in [-0.05, 0) is 31.4 Å². The summed E-state index contributed by atoms with van der Waals surface area (Å²) in [5.41, 5.74) is 1.93. The highest BCUT2D eigenvalue weighted by molar-refractivity contribution is 5.73. The van der Waals surface area contributed by atoms with Crippen LogP contribution in [0.15, 0.2) is 6.07 Å². The molecule has 1 unspecified atom stereocenters. The summed E-state index contributed by atoms with van der Waals surface area (Å²) in [6, 6.07) is 1.94. The van der Waals surface area contributed by atoms with Gasteiger partial charge in [-0.15, -0.1) is 0 Å². The van der Waals surface area contributed by atoms with E-state index in [1.807, 2.05) is 6.07 Å². The van der Waals surface area contributed by atoms with Crippen molar-refractivity contribution in [1.29, 1.82) is 0 Å². The molecule has 0 radical (unpaired) electrons. The number of aromatic nitrogens is 2. The number of H-pyrrole nitrogens is 1. The number of carbonyl (C=O) groups excluding carboxylic acids is 1. The van der Waals surface area contributed by atoms with E-state index in [2.05, 4.69) is 41.2 Å². The van der Waals surface area contributed by atoms with Crippen molar-refractivity contribution in [3.8, 4) is 0 Å². The lowest BCUT2D eigenvalue weighted by molar-refractivity contribution is 0.121. The van der Waals surface area contributed by atoms with Gasteiger partial charge in [0.05, 0.1) is 17.9 Å². The lowest BCUT2D eigenvalue weighted by atomic mass is 9.92. The maximum atomic E-state index is 12.2. The number of nitrogens with zero attached hydrogens (tertiary/aromatic N) is 3. The quantitative estimate of drug-likeness (QED) is 0.726.